The number of halogens is 2. The van der Waals surface area contributed by atoms with Crippen LogP contribution in [-0.4, -0.2) is 36.4 Å². The molecule has 4 amide bonds. The van der Waals surface area contributed by atoms with Crippen LogP contribution in [0, 0.1) is 6.92 Å². The van der Waals surface area contributed by atoms with Crippen molar-refractivity contribution >= 4 is 57.1 Å². The lowest BCUT2D eigenvalue weighted by atomic mass is 10.1. The molecule has 2 N–H and O–H groups in total. The van der Waals surface area contributed by atoms with E-state index in [0.29, 0.717) is 38.9 Å². The van der Waals surface area contributed by atoms with Crippen LogP contribution in [0.5, 0.6) is 11.5 Å². The summed E-state index contributed by atoms with van der Waals surface area (Å²) in [4.78, 5) is 38.6. The first-order valence-corrected chi connectivity index (χ1v) is 12.4. The molecule has 0 unspecified atom stereocenters. The fourth-order valence-corrected chi connectivity index (χ4v) is 4.35. The molecule has 0 aromatic heterocycles. The van der Waals surface area contributed by atoms with Crippen LogP contribution in [0.15, 0.2) is 70.8 Å². The highest BCUT2D eigenvalue weighted by atomic mass is 79.9. The summed E-state index contributed by atoms with van der Waals surface area (Å²) < 4.78 is 12.0. The van der Waals surface area contributed by atoms with Crippen LogP contribution in [0.4, 0.5) is 10.5 Å². The van der Waals surface area contributed by atoms with Crippen molar-refractivity contribution in [2.24, 2.45) is 0 Å². The predicted octanol–water partition coefficient (Wildman–Crippen LogP) is 5.53. The van der Waals surface area contributed by atoms with Gasteiger partial charge in [0.05, 0.1) is 11.6 Å². The van der Waals surface area contributed by atoms with Gasteiger partial charge in [-0.3, -0.25) is 9.59 Å². The zero-order valence-electron chi connectivity index (χ0n) is 20.0. The Morgan fingerprint density at radius 3 is 2.59 bits per heavy atom. The minimum atomic E-state index is -0.676. The van der Waals surface area contributed by atoms with Gasteiger partial charge in [0.25, 0.3) is 5.91 Å². The number of anilines is 1. The van der Waals surface area contributed by atoms with Gasteiger partial charge in [-0.05, 0) is 82.0 Å². The quantitative estimate of drug-likeness (QED) is 0.268. The Morgan fingerprint density at radius 1 is 1.14 bits per heavy atom. The number of nitrogens with one attached hydrogen (secondary N) is 2. The van der Waals surface area contributed by atoms with Crippen LogP contribution in [0.25, 0.3) is 6.08 Å². The standard InChI is InChI=1S/C27H23BrClN3O5/c1-16-4-3-5-20(10-16)30-24(33)14-32-26(34)22(31-27(32)35)12-18-11-21(28)25(23(13-18)36-2)37-15-17-6-8-19(29)9-7-17/h3-13H,14-15H2,1-2H3,(H,30,33)(H,31,35)/b22-12+. The van der Waals surface area contributed by atoms with Gasteiger partial charge in [0, 0.05) is 10.7 Å². The molecule has 1 aliphatic heterocycles. The maximum absolute atomic E-state index is 12.9. The number of imide groups is 1. The maximum atomic E-state index is 12.9. The number of carbonyl (C=O) groups is 3. The van der Waals surface area contributed by atoms with Crippen molar-refractivity contribution in [3.05, 3.63) is 92.5 Å². The van der Waals surface area contributed by atoms with E-state index in [-0.39, 0.29) is 5.70 Å². The molecule has 37 heavy (non-hydrogen) atoms. The van der Waals surface area contributed by atoms with Crippen molar-refractivity contribution < 1.29 is 23.9 Å². The first kappa shape index (κ1) is 26.2. The van der Waals surface area contributed by atoms with Crippen molar-refractivity contribution in [1.29, 1.82) is 0 Å². The first-order valence-electron chi connectivity index (χ1n) is 11.2. The van der Waals surface area contributed by atoms with Gasteiger partial charge in [-0.2, -0.15) is 0 Å². The van der Waals surface area contributed by atoms with E-state index in [4.69, 9.17) is 21.1 Å². The number of hydrogen-bond donors (Lipinski definition) is 2. The van der Waals surface area contributed by atoms with Crippen molar-refractivity contribution in [3.8, 4) is 11.5 Å². The number of rotatable bonds is 8. The number of amides is 4. The molecule has 1 saturated heterocycles. The van der Waals surface area contributed by atoms with E-state index in [1.807, 2.05) is 25.1 Å². The van der Waals surface area contributed by atoms with Crippen LogP contribution in [0.2, 0.25) is 5.02 Å². The third-order valence-corrected chi connectivity index (χ3v) is 6.27. The highest BCUT2D eigenvalue weighted by Gasteiger charge is 2.35. The number of ether oxygens (including phenoxy) is 2. The van der Waals surface area contributed by atoms with Crippen LogP contribution in [0.3, 0.4) is 0 Å². The molecule has 0 saturated carbocycles. The van der Waals surface area contributed by atoms with Gasteiger partial charge in [0.1, 0.15) is 18.8 Å². The fourth-order valence-electron chi connectivity index (χ4n) is 3.65. The third kappa shape index (κ3) is 6.49. The predicted molar refractivity (Wildman–Crippen MR) is 145 cm³/mol. The van der Waals surface area contributed by atoms with Gasteiger partial charge in [-0.1, -0.05) is 35.9 Å². The maximum Gasteiger partial charge on any atom is 0.329 e. The number of methoxy groups -OCH3 is 1. The van der Waals surface area contributed by atoms with Crippen molar-refractivity contribution in [2.45, 2.75) is 13.5 Å². The summed E-state index contributed by atoms with van der Waals surface area (Å²) in [5.74, 6) is -0.179. The molecule has 8 nitrogen and oxygen atoms in total. The second kappa shape index (κ2) is 11.5. The number of benzene rings is 3. The average Bonchev–Trinajstić information content (AvgIpc) is 3.11. The van der Waals surface area contributed by atoms with Crippen LogP contribution in [0.1, 0.15) is 16.7 Å². The molecule has 10 heteroatoms. The van der Waals surface area contributed by atoms with E-state index < -0.39 is 24.4 Å². The van der Waals surface area contributed by atoms with Crippen LogP contribution >= 0.6 is 27.5 Å². The number of nitrogens with zero attached hydrogens (tertiary/aromatic N) is 1. The normalized spacial score (nSPS) is 14.1. The largest absolute Gasteiger partial charge is 0.493 e. The summed E-state index contributed by atoms with van der Waals surface area (Å²) in [6, 6.07) is 17.3. The SMILES string of the molecule is COc1cc(/C=C2/NC(=O)N(CC(=O)Nc3cccc(C)c3)C2=O)cc(Br)c1OCc1ccc(Cl)cc1. The second-order valence-electron chi connectivity index (χ2n) is 8.25. The zero-order chi connectivity index (χ0) is 26.5. The molecular weight excluding hydrogens is 562 g/mol. The molecule has 0 bridgehead atoms. The minimum Gasteiger partial charge on any atom is -0.493 e. The molecule has 4 rings (SSSR count). The van der Waals surface area contributed by atoms with Crippen molar-refractivity contribution in [2.75, 3.05) is 19.0 Å². The summed E-state index contributed by atoms with van der Waals surface area (Å²) in [5.41, 5.74) is 3.11. The Hall–Kier alpha value is -3.82. The second-order valence-corrected chi connectivity index (χ2v) is 9.54. The number of carbonyl (C=O) groups excluding carboxylic acids is 3. The lowest BCUT2D eigenvalue weighted by molar-refractivity contribution is -0.127. The number of aryl methyl sites for hydroxylation is 1. The summed E-state index contributed by atoms with van der Waals surface area (Å²) >= 11 is 9.42. The number of hydrogen-bond acceptors (Lipinski definition) is 5. The van der Waals surface area contributed by atoms with E-state index >= 15 is 0 Å². The van der Waals surface area contributed by atoms with Crippen LogP contribution in [-0.2, 0) is 16.2 Å². The number of urea groups is 1. The Bertz CT molecular complexity index is 1390. The average molecular weight is 585 g/mol. The Balaban J connectivity index is 1.46. The Morgan fingerprint density at radius 2 is 1.89 bits per heavy atom. The van der Waals surface area contributed by atoms with Gasteiger partial charge in [-0.25, -0.2) is 9.69 Å². The molecule has 3 aromatic rings. The van der Waals surface area contributed by atoms with Gasteiger partial charge in [0.15, 0.2) is 11.5 Å². The molecule has 0 atom stereocenters. The third-order valence-electron chi connectivity index (χ3n) is 5.43. The van der Waals surface area contributed by atoms with Crippen molar-refractivity contribution in [3.63, 3.8) is 0 Å². The molecular formula is C27H23BrClN3O5. The summed E-state index contributed by atoms with van der Waals surface area (Å²) in [6.07, 6.45) is 1.51. The molecule has 190 valence electrons. The van der Waals surface area contributed by atoms with E-state index in [9.17, 15) is 14.4 Å². The molecule has 1 aliphatic rings. The van der Waals surface area contributed by atoms with Gasteiger partial charge >= 0.3 is 6.03 Å². The minimum absolute atomic E-state index is 0.0390. The summed E-state index contributed by atoms with van der Waals surface area (Å²) in [6.45, 7) is 1.77. The highest BCUT2D eigenvalue weighted by molar-refractivity contribution is 9.10. The summed E-state index contributed by atoms with van der Waals surface area (Å²) in [7, 11) is 1.50. The van der Waals surface area contributed by atoms with E-state index in [1.54, 1.807) is 42.5 Å². The van der Waals surface area contributed by atoms with Gasteiger partial charge < -0.3 is 20.1 Å². The summed E-state index contributed by atoms with van der Waals surface area (Å²) in [5, 5.41) is 5.86. The van der Waals surface area contributed by atoms with E-state index in [2.05, 4.69) is 26.6 Å². The van der Waals surface area contributed by atoms with E-state index in [1.165, 1.54) is 13.2 Å². The molecule has 0 aliphatic carbocycles. The lowest BCUT2D eigenvalue weighted by Gasteiger charge is -2.14. The fraction of sp³-hybridized carbons (Fsp3) is 0.148. The van der Waals surface area contributed by atoms with Gasteiger partial charge in [-0.15, -0.1) is 0 Å². The molecule has 3 aromatic carbocycles. The molecule has 0 radical (unpaired) electrons. The molecule has 1 fully saturated rings. The topological polar surface area (TPSA) is 97.0 Å². The van der Waals surface area contributed by atoms with E-state index in [0.717, 1.165) is 16.0 Å². The zero-order valence-corrected chi connectivity index (χ0v) is 22.4. The first-order chi connectivity index (χ1) is 17.7. The Labute approximate surface area is 227 Å². The van der Waals surface area contributed by atoms with Crippen LogP contribution < -0.4 is 20.1 Å². The lowest BCUT2D eigenvalue weighted by Crippen LogP contribution is -2.38. The van der Waals surface area contributed by atoms with Gasteiger partial charge in [0.2, 0.25) is 5.91 Å². The smallest absolute Gasteiger partial charge is 0.329 e. The monoisotopic (exact) mass is 583 g/mol. The molecule has 0 spiro atoms. The van der Waals surface area contributed by atoms with Crippen molar-refractivity contribution in [1.82, 2.24) is 10.2 Å². The highest BCUT2D eigenvalue weighted by Crippen LogP contribution is 2.38. The molecule has 1 heterocycles. The Kier molecular flexibility index (Phi) is 8.15.